The number of amides is 5. The van der Waals surface area contributed by atoms with E-state index in [1.54, 1.807) is 32.9 Å². The number of ether oxygens (including phenoxy) is 1. The van der Waals surface area contributed by atoms with Crippen molar-refractivity contribution in [1.82, 2.24) is 15.5 Å². The second-order valence-electron chi connectivity index (χ2n) is 7.70. The van der Waals surface area contributed by atoms with Crippen molar-refractivity contribution in [3.8, 4) is 0 Å². The number of nitrogens with zero attached hydrogens (tertiary/aromatic N) is 1. The summed E-state index contributed by atoms with van der Waals surface area (Å²) in [6, 6.07) is 3.94. The van der Waals surface area contributed by atoms with Gasteiger partial charge in [-0.25, -0.2) is 4.79 Å². The van der Waals surface area contributed by atoms with E-state index < -0.39 is 35.5 Å². The highest BCUT2D eigenvalue weighted by atomic mass is 16.6. The van der Waals surface area contributed by atoms with E-state index in [0.717, 1.165) is 0 Å². The zero-order valence-corrected chi connectivity index (χ0v) is 15.8. The van der Waals surface area contributed by atoms with E-state index in [9.17, 15) is 24.0 Å². The zero-order valence-electron chi connectivity index (χ0n) is 15.8. The molecule has 1 aromatic carbocycles. The molecule has 1 aromatic rings. The van der Waals surface area contributed by atoms with Crippen LogP contribution in [0.5, 0.6) is 0 Å². The Balaban J connectivity index is 1.81. The van der Waals surface area contributed by atoms with Gasteiger partial charge < -0.3 is 9.64 Å². The van der Waals surface area contributed by atoms with Crippen molar-refractivity contribution in [2.24, 2.45) is 0 Å². The average molecular weight is 387 g/mol. The van der Waals surface area contributed by atoms with Crippen molar-refractivity contribution >= 4 is 29.7 Å². The van der Waals surface area contributed by atoms with Gasteiger partial charge in [0.1, 0.15) is 11.6 Å². The predicted molar refractivity (Wildman–Crippen MR) is 96.2 cm³/mol. The minimum Gasteiger partial charge on any atom is -0.444 e. The molecule has 0 radical (unpaired) electrons. The van der Waals surface area contributed by atoms with Gasteiger partial charge in [-0.3, -0.25) is 29.8 Å². The van der Waals surface area contributed by atoms with Crippen LogP contribution in [0.3, 0.4) is 0 Å². The molecular weight excluding hydrogens is 366 g/mol. The fraction of sp³-hybridized carbons (Fsp3) is 0.421. The molecule has 2 N–H and O–H groups in total. The number of piperidine rings is 1. The molecule has 0 aromatic heterocycles. The van der Waals surface area contributed by atoms with Gasteiger partial charge in [0.2, 0.25) is 11.8 Å². The third-order valence-corrected chi connectivity index (χ3v) is 4.41. The van der Waals surface area contributed by atoms with Crippen molar-refractivity contribution in [2.75, 3.05) is 0 Å². The molecule has 0 aliphatic carbocycles. The van der Waals surface area contributed by atoms with Crippen LogP contribution in [0, 0.1) is 0 Å². The Kier molecular flexibility index (Phi) is 4.93. The average Bonchev–Trinajstić information content (AvgIpc) is 2.90. The van der Waals surface area contributed by atoms with Crippen molar-refractivity contribution in [3.63, 3.8) is 0 Å². The lowest BCUT2D eigenvalue weighted by atomic mass is 10.0. The molecule has 0 spiro atoms. The highest BCUT2D eigenvalue weighted by Crippen LogP contribution is 2.29. The van der Waals surface area contributed by atoms with Gasteiger partial charge in [0.15, 0.2) is 0 Å². The molecule has 1 saturated heterocycles. The molecule has 2 heterocycles. The number of imide groups is 2. The van der Waals surface area contributed by atoms with Crippen LogP contribution in [0.4, 0.5) is 4.79 Å². The van der Waals surface area contributed by atoms with Crippen LogP contribution in [-0.4, -0.2) is 46.3 Å². The summed E-state index contributed by atoms with van der Waals surface area (Å²) in [5, 5.41) is 4.34. The van der Waals surface area contributed by atoms with E-state index >= 15 is 0 Å². The topological polar surface area (TPSA) is 122 Å². The summed E-state index contributed by atoms with van der Waals surface area (Å²) in [6.45, 7) is 5.14. The maximum Gasteiger partial charge on any atom is 0.414 e. The number of carbonyl (C=O) groups excluding carboxylic acids is 5. The first kappa shape index (κ1) is 19.5. The van der Waals surface area contributed by atoms with Crippen molar-refractivity contribution in [1.29, 1.82) is 0 Å². The Morgan fingerprint density at radius 3 is 2.57 bits per heavy atom. The van der Waals surface area contributed by atoms with Crippen LogP contribution in [0.25, 0.3) is 0 Å². The van der Waals surface area contributed by atoms with Gasteiger partial charge in [-0.1, -0.05) is 12.1 Å². The maximum atomic E-state index is 12.9. The van der Waals surface area contributed by atoms with Gasteiger partial charge >= 0.3 is 6.09 Å². The van der Waals surface area contributed by atoms with E-state index in [4.69, 9.17) is 4.74 Å². The van der Waals surface area contributed by atoms with Crippen LogP contribution in [0.1, 0.15) is 59.9 Å². The van der Waals surface area contributed by atoms with E-state index in [1.165, 1.54) is 11.0 Å². The SMILES string of the molecule is CC(C)(C)OC(=O)NC(=O)c1cccc2c1C(=O)N(C1CCC(=O)NC1=O)C2. The summed E-state index contributed by atoms with van der Waals surface area (Å²) in [5.41, 5.74) is -0.0237. The smallest absolute Gasteiger partial charge is 0.414 e. The number of hydrogen-bond donors (Lipinski definition) is 2. The van der Waals surface area contributed by atoms with E-state index in [-0.39, 0.29) is 36.4 Å². The highest BCUT2D eigenvalue weighted by molar-refractivity contribution is 6.13. The second-order valence-corrected chi connectivity index (χ2v) is 7.70. The summed E-state index contributed by atoms with van der Waals surface area (Å²) in [6.07, 6.45) is -0.547. The lowest BCUT2D eigenvalue weighted by Gasteiger charge is -2.29. The van der Waals surface area contributed by atoms with Crippen LogP contribution < -0.4 is 10.6 Å². The standard InChI is InChI=1S/C19H21N3O6/c1-19(2,3)28-18(27)21-15(24)11-6-4-5-10-9-22(17(26)14(10)11)12-7-8-13(23)20-16(12)25/h4-6,12H,7-9H2,1-3H3,(H,20,23,25)(H,21,24,27). The minimum absolute atomic E-state index is 0.0307. The first-order valence-corrected chi connectivity index (χ1v) is 8.87. The fourth-order valence-electron chi connectivity index (χ4n) is 3.27. The molecule has 1 atom stereocenters. The van der Waals surface area contributed by atoms with Crippen molar-refractivity contribution in [2.45, 2.75) is 51.8 Å². The molecule has 3 rings (SSSR count). The van der Waals surface area contributed by atoms with Crippen LogP contribution in [0.2, 0.25) is 0 Å². The van der Waals surface area contributed by atoms with Gasteiger partial charge in [-0.15, -0.1) is 0 Å². The summed E-state index contributed by atoms with van der Waals surface area (Å²) in [7, 11) is 0. The Labute approximate surface area is 161 Å². The molecule has 5 amide bonds. The molecule has 148 valence electrons. The van der Waals surface area contributed by atoms with Gasteiger partial charge in [-0.05, 0) is 38.8 Å². The Morgan fingerprint density at radius 1 is 1.21 bits per heavy atom. The summed E-state index contributed by atoms with van der Waals surface area (Å²) < 4.78 is 5.07. The summed E-state index contributed by atoms with van der Waals surface area (Å²) in [5.74, 6) is -2.15. The third-order valence-electron chi connectivity index (χ3n) is 4.41. The second kappa shape index (κ2) is 7.06. The highest BCUT2D eigenvalue weighted by Gasteiger charge is 2.40. The van der Waals surface area contributed by atoms with Crippen molar-refractivity contribution < 1.29 is 28.7 Å². The molecule has 2 aliphatic heterocycles. The third kappa shape index (κ3) is 3.88. The van der Waals surface area contributed by atoms with E-state index in [2.05, 4.69) is 10.6 Å². The largest absolute Gasteiger partial charge is 0.444 e. The van der Waals surface area contributed by atoms with E-state index in [0.29, 0.717) is 5.56 Å². The Morgan fingerprint density at radius 2 is 1.93 bits per heavy atom. The molecule has 9 nitrogen and oxygen atoms in total. The van der Waals surface area contributed by atoms with E-state index in [1.807, 2.05) is 0 Å². The quantitative estimate of drug-likeness (QED) is 0.733. The number of alkyl carbamates (subject to hydrolysis) is 1. The molecule has 0 bridgehead atoms. The lowest BCUT2D eigenvalue weighted by molar-refractivity contribution is -0.136. The fourth-order valence-corrected chi connectivity index (χ4v) is 3.27. The maximum absolute atomic E-state index is 12.9. The van der Waals surface area contributed by atoms with Gasteiger partial charge in [-0.2, -0.15) is 0 Å². The molecule has 9 heteroatoms. The lowest BCUT2D eigenvalue weighted by Crippen LogP contribution is -2.52. The van der Waals surface area contributed by atoms with Crippen LogP contribution in [-0.2, 0) is 20.9 Å². The normalized spacial score (nSPS) is 19.2. The number of rotatable bonds is 2. The van der Waals surface area contributed by atoms with Gasteiger partial charge in [0.05, 0.1) is 11.1 Å². The van der Waals surface area contributed by atoms with Crippen LogP contribution in [0.15, 0.2) is 18.2 Å². The minimum atomic E-state index is -0.914. The molecule has 2 aliphatic rings. The van der Waals surface area contributed by atoms with Crippen molar-refractivity contribution in [3.05, 3.63) is 34.9 Å². The summed E-state index contributed by atoms with van der Waals surface area (Å²) >= 11 is 0. The molecule has 1 fully saturated rings. The van der Waals surface area contributed by atoms with Gasteiger partial charge in [0.25, 0.3) is 11.8 Å². The first-order valence-electron chi connectivity index (χ1n) is 8.87. The predicted octanol–water partition coefficient (Wildman–Crippen LogP) is 1.11. The van der Waals surface area contributed by atoms with Gasteiger partial charge in [0, 0.05) is 13.0 Å². The molecule has 0 saturated carbocycles. The first-order chi connectivity index (χ1) is 13.1. The molecular formula is C19H21N3O6. The molecule has 1 unspecified atom stereocenters. The Hall–Kier alpha value is -3.23. The monoisotopic (exact) mass is 387 g/mol. The number of fused-ring (bicyclic) bond motifs is 1. The zero-order chi connectivity index (χ0) is 20.6. The molecule has 28 heavy (non-hydrogen) atoms. The Bertz CT molecular complexity index is 886. The van der Waals surface area contributed by atoms with Crippen LogP contribution >= 0.6 is 0 Å². The number of carbonyl (C=O) groups is 5. The number of nitrogens with one attached hydrogen (secondary N) is 2. The summed E-state index contributed by atoms with van der Waals surface area (Å²) in [4.78, 5) is 62.1. The number of hydrogen-bond acceptors (Lipinski definition) is 6. The number of benzene rings is 1.